The topological polar surface area (TPSA) is 35.8 Å². The molecule has 1 fully saturated rings. The summed E-state index contributed by atoms with van der Waals surface area (Å²) in [6.07, 6.45) is 5.72. The Kier molecular flexibility index (Phi) is 8.10. The fraction of sp³-hybridized carbons (Fsp3) is 0.737. The van der Waals surface area contributed by atoms with Gasteiger partial charge in [0.2, 0.25) is 0 Å². The monoisotopic (exact) mass is 367 g/mol. The van der Waals surface area contributed by atoms with Crippen molar-refractivity contribution < 1.29 is 0 Å². The molecule has 0 aromatic carbocycles. The van der Waals surface area contributed by atoms with Crippen molar-refractivity contribution >= 4 is 17.6 Å². The van der Waals surface area contributed by atoms with Crippen LogP contribution in [0.15, 0.2) is 17.3 Å². The quantitative estimate of drug-likeness (QED) is 0.593. The van der Waals surface area contributed by atoms with Crippen LogP contribution in [0.5, 0.6) is 0 Å². The molecule has 2 rings (SSSR count). The van der Waals surface area contributed by atoms with Gasteiger partial charge in [-0.3, -0.25) is 4.99 Å². The minimum Gasteiger partial charge on any atom is -0.357 e. The number of hydrogen-bond acceptors (Lipinski definition) is 2. The number of likely N-dealkylation sites (tertiary alicyclic amines) is 1. The Balaban J connectivity index is 1.90. The number of aromatic nitrogens is 1. The van der Waals surface area contributed by atoms with E-state index in [0.29, 0.717) is 5.92 Å². The van der Waals surface area contributed by atoms with Crippen LogP contribution in [0.25, 0.3) is 0 Å². The van der Waals surface area contributed by atoms with Crippen LogP contribution in [0.4, 0.5) is 0 Å². The summed E-state index contributed by atoms with van der Waals surface area (Å²) >= 11 is 6.10. The molecule has 1 saturated heterocycles. The molecule has 0 bridgehead atoms. The van der Waals surface area contributed by atoms with Gasteiger partial charge in [0.1, 0.15) is 0 Å². The Morgan fingerprint density at radius 1 is 1.36 bits per heavy atom. The van der Waals surface area contributed by atoms with Crippen molar-refractivity contribution in [2.75, 3.05) is 39.8 Å². The molecule has 2 heterocycles. The van der Waals surface area contributed by atoms with Gasteiger partial charge >= 0.3 is 0 Å². The molecule has 0 spiro atoms. The van der Waals surface area contributed by atoms with Crippen molar-refractivity contribution in [3.05, 3.63) is 23.0 Å². The van der Waals surface area contributed by atoms with E-state index in [1.165, 1.54) is 44.6 Å². The van der Waals surface area contributed by atoms with Crippen molar-refractivity contribution in [3.8, 4) is 0 Å². The first kappa shape index (κ1) is 20.1. The normalized spacial score (nSPS) is 17.1. The summed E-state index contributed by atoms with van der Waals surface area (Å²) in [6, 6.07) is 2.02. The van der Waals surface area contributed by atoms with Crippen LogP contribution in [0.1, 0.15) is 38.8 Å². The van der Waals surface area contributed by atoms with E-state index in [9.17, 15) is 0 Å². The van der Waals surface area contributed by atoms with Gasteiger partial charge in [-0.15, -0.1) is 0 Å². The number of aryl methyl sites for hydroxylation is 1. The van der Waals surface area contributed by atoms with Crippen molar-refractivity contribution in [1.82, 2.24) is 19.7 Å². The van der Waals surface area contributed by atoms with Crippen LogP contribution in [0.3, 0.4) is 0 Å². The molecule has 25 heavy (non-hydrogen) atoms. The second-order valence-corrected chi connectivity index (χ2v) is 7.53. The fourth-order valence-electron chi connectivity index (χ4n) is 3.44. The van der Waals surface area contributed by atoms with Crippen LogP contribution in [-0.2, 0) is 13.6 Å². The van der Waals surface area contributed by atoms with Gasteiger partial charge in [-0.1, -0.05) is 18.5 Å². The molecule has 1 aliphatic heterocycles. The molecule has 1 aliphatic rings. The number of aliphatic imine (C=N–C) groups is 1. The highest BCUT2D eigenvalue weighted by Crippen LogP contribution is 2.18. The number of piperidine rings is 1. The lowest BCUT2D eigenvalue weighted by Gasteiger charge is -2.31. The fourth-order valence-corrected chi connectivity index (χ4v) is 3.71. The molecule has 1 aromatic rings. The number of guanidine groups is 1. The van der Waals surface area contributed by atoms with E-state index >= 15 is 0 Å². The maximum atomic E-state index is 6.10. The first-order valence-corrected chi connectivity index (χ1v) is 9.93. The molecule has 0 aliphatic carbocycles. The summed E-state index contributed by atoms with van der Waals surface area (Å²) in [4.78, 5) is 9.67. The minimum absolute atomic E-state index is 0.708. The summed E-state index contributed by atoms with van der Waals surface area (Å²) in [5, 5.41) is 4.20. The van der Waals surface area contributed by atoms with Crippen LogP contribution < -0.4 is 5.32 Å². The average molecular weight is 368 g/mol. The van der Waals surface area contributed by atoms with E-state index in [0.717, 1.165) is 30.6 Å². The highest BCUT2D eigenvalue weighted by atomic mass is 35.5. The van der Waals surface area contributed by atoms with Crippen LogP contribution in [0.2, 0.25) is 5.02 Å². The molecule has 5 nitrogen and oxygen atoms in total. The Bertz CT molecular complexity index is 546. The van der Waals surface area contributed by atoms with Crippen molar-refractivity contribution in [2.45, 2.75) is 39.7 Å². The number of halogens is 1. The number of rotatable bonds is 7. The van der Waals surface area contributed by atoms with Gasteiger partial charge in [0.25, 0.3) is 0 Å². The van der Waals surface area contributed by atoms with Crippen LogP contribution in [-0.4, -0.2) is 60.1 Å². The molecule has 0 radical (unpaired) electrons. The van der Waals surface area contributed by atoms with Crippen molar-refractivity contribution in [2.24, 2.45) is 18.0 Å². The smallest absolute Gasteiger partial charge is 0.194 e. The standard InChI is InChI=1S/C19H34ClN5/c1-5-9-25-10-7-16(8-11-25)13-22-19(21-6-2)24(4)15-18-12-17(20)14-23(18)3/h12,14,16H,5-11,13,15H2,1-4H3,(H,21,22). The number of hydrogen-bond donors (Lipinski definition) is 1. The van der Waals surface area contributed by atoms with E-state index in [1.54, 1.807) is 0 Å². The van der Waals surface area contributed by atoms with Gasteiger partial charge in [-0.2, -0.15) is 0 Å². The summed E-state index contributed by atoms with van der Waals surface area (Å²) in [5.41, 5.74) is 1.19. The molecule has 0 saturated carbocycles. The summed E-state index contributed by atoms with van der Waals surface area (Å²) in [7, 11) is 4.12. The van der Waals surface area contributed by atoms with Gasteiger partial charge < -0.3 is 19.7 Å². The van der Waals surface area contributed by atoms with Crippen LogP contribution >= 0.6 is 11.6 Å². The predicted octanol–water partition coefficient (Wildman–Crippen LogP) is 3.20. The molecule has 6 heteroatoms. The van der Waals surface area contributed by atoms with Gasteiger partial charge in [0.05, 0.1) is 11.6 Å². The lowest BCUT2D eigenvalue weighted by atomic mass is 9.97. The molecule has 1 N–H and O–H groups in total. The molecule has 1 aromatic heterocycles. The van der Waals surface area contributed by atoms with E-state index in [4.69, 9.17) is 16.6 Å². The van der Waals surface area contributed by atoms with Gasteiger partial charge in [-0.25, -0.2) is 0 Å². The zero-order valence-corrected chi connectivity index (χ0v) is 17.0. The summed E-state index contributed by atoms with van der Waals surface area (Å²) in [6.45, 7) is 10.7. The third-order valence-electron chi connectivity index (χ3n) is 4.92. The third kappa shape index (κ3) is 6.23. The van der Waals surface area contributed by atoms with Crippen molar-refractivity contribution in [1.29, 1.82) is 0 Å². The maximum absolute atomic E-state index is 6.10. The Labute approximate surface area is 158 Å². The molecule has 142 valence electrons. The molecule has 0 amide bonds. The van der Waals surface area contributed by atoms with E-state index < -0.39 is 0 Å². The van der Waals surface area contributed by atoms with E-state index in [2.05, 4.69) is 40.6 Å². The van der Waals surface area contributed by atoms with Crippen molar-refractivity contribution in [3.63, 3.8) is 0 Å². The SMILES string of the molecule is CCCN1CCC(CN=C(NCC)N(C)Cc2cc(Cl)cn2C)CC1. The van der Waals surface area contributed by atoms with Gasteiger partial charge in [0, 0.05) is 39.1 Å². The lowest BCUT2D eigenvalue weighted by molar-refractivity contribution is 0.188. The Hall–Kier alpha value is -1.20. The third-order valence-corrected chi connectivity index (χ3v) is 5.12. The summed E-state index contributed by atoms with van der Waals surface area (Å²) in [5.74, 6) is 1.69. The first-order chi connectivity index (χ1) is 12.0. The Morgan fingerprint density at radius 2 is 2.08 bits per heavy atom. The first-order valence-electron chi connectivity index (χ1n) is 9.56. The number of nitrogens with one attached hydrogen (secondary N) is 1. The van der Waals surface area contributed by atoms with E-state index in [-0.39, 0.29) is 0 Å². The zero-order chi connectivity index (χ0) is 18.2. The van der Waals surface area contributed by atoms with Gasteiger partial charge in [0.15, 0.2) is 5.96 Å². The van der Waals surface area contributed by atoms with Crippen LogP contribution in [0, 0.1) is 5.92 Å². The molecule has 0 unspecified atom stereocenters. The molecular formula is C19H34ClN5. The second kappa shape index (κ2) is 10.1. The number of nitrogens with zero attached hydrogens (tertiary/aromatic N) is 4. The highest BCUT2D eigenvalue weighted by Gasteiger charge is 2.19. The second-order valence-electron chi connectivity index (χ2n) is 7.10. The maximum Gasteiger partial charge on any atom is 0.194 e. The average Bonchev–Trinajstić information content (AvgIpc) is 2.90. The largest absolute Gasteiger partial charge is 0.357 e. The molecular weight excluding hydrogens is 334 g/mol. The minimum atomic E-state index is 0.708. The molecule has 0 atom stereocenters. The predicted molar refractivity (Wildman–Crippen MR) is 107 cm³/mol. The van der Waals surface area contributed by atoms with E-state index in [1.807, 2.05) is 19.3 Å². The summed E-state index contributed by atoms with van der Waals surface area (Å²) < 4.78 is 2.08. The zero-order valence-electron chi connectivity index (χ0n) is 16.3. The lowest BCUT2D eigenvalue weighted by Crippen LogP contribution is -2.40. The van der Waals surface area contributed by atoms with Gasteiger partial charge in [-0.05, 0) is 57.8 Å². The Morgan fingerprint density at radius 3 is 2.64 bits per heavy atom. The highest BCUT2D eigenvalue weighted by molar-refractivity contribution is 6.30.